The van der Waals surface area contributed by atoms with Crippen molar-refractivity contribution in [3.8, 4) is 33.6 Å². The zero-order chi connectivity index (χ0) is 25.4. The number of fused-ring (bicyclic) bond motifs is 3. The van der Waals surface area contributed by atoms with E-state index in [4.69, 9.17) is 14.8 Å². The fourth-order valence-electron chi connectivity index (χ4n) is 4.99. The Balaban J connectivity index is 1.33. The van der Waals surface area contributed by atoms with Crippen LogP contribution < -0.4 is 0 Å². The number of rotatable bonds is 8. The standard InChI is InChI=1S/C28H30N8O/c1-4-35-12-11-23(32-35)15-25-29-16-21-9-10-24-26(27(21)31-25)28(34(2)33-24)20-7-5-19(6-8-20)22-17-30-36(18-22)13-14-37-3/h5-8,11-12,16-18H,4,9-10,13-15H2,1-3H3. The summed E-state index contributed by atoms with van der Waals surface area (Å²) in [4.78, 5) is 9.71. The van der Waals surface area contributed by atoms with E-state index >= 15 is 0 Å². The molecular formula is C28H30N8O. The van der Waals surface area contributed by atoms with Crippen molar-refractivity contribution in [3.63, 3.8) is 0 Å². The third kappa shape index (κ3) is 4.46. The molecule has 0 radical (unpaired) electrons. The first-order chi connectivity index (χ1) is 18.1. The zero-order valence-electron chi connectivity index (χ0n) is 21.4. The molecule has 188 valence electrons. The molecule has 1 aliphatic rings. The fraction of sp³-hybridized carbons (Fsp3) is 0.321. The molecule has 0 aliphatic heterocycles. The molecule has 4 aromatic heterocycles. The number of nitrogens with zero attached hydrogens (tertiary/aromatic N) is 8. The van der Waals surface area contributed by atoms with Gasteiger partial charge in [-0.2, -0.15) is 15.3 Å². The first-order valence-electron chi connectivity index (χ1n) is 12.7. The SMILES string of the molecule is CCn1ccc(Cc2ncc3c(n2)-c2c(nn(C)c2-c2ccc(-c4cnn(CCOC)c4)cc2)CC3)n1. The van der Waals surface area contributed by atoms with Gasteiger partial charge in [-0.1, -0.05) is 24.3 Å². The first-order valence-corrected chi connectivity index (χ1v) is 12.7. The summed E-state index contributed by atoms with van der Waals surface area (Å²) in [6, 6.07) is 10.6. The number of aryl methyl sites for hydroxylation is 4. The molecule has 0 fully saturated rings. The average Bonchev–Trinajstić information content (AvgIpc) is 3.66. The molecule has 0 spiro atoms. The van der Waals surface area contributed by atoms with Crippen LogP contribution in [0.15, 0.2) is 55.1 Å². The lowest BCUT2D eigenvalue weighted by Crippen LogP contribution is -2.09. The van der Waals surface area contributed by atoms with Gasteiger partial charge in [-0.3, -0.25) is 14.0 Å². The quantitative estimate of drug-likeness (QED) is 0.324. The minimum Gasteiger partial charge on any atom is -0.383 e. The Hall–Kier alpha value is -4.11. The highest BCUT2D eigenvalue weighted by molar-refractivity contribution is 5.84. The topological polar surface area (TPSA) is 88.5 Å². The van der Waals surface area contributed by atoms with Crippen LogP contribution in [0.5, 0.6) is 0 Å². The van der Waals surface area contributed by atoms with Crippen LogP contribution in [0.25, 0.3) is 33.6 Å². The van der Waals surface area contributed by atoms with Crippen LogP contribution in [-0.4, -0.2) is 53.0 Å². The Kier molecular flexibility index (Phi) is 6.13. The van der Waals surface area contributed by atoms with Crippen molar-refractivity contribution in [1.82, 2.24) is 39.3 Å². The predicted molar refractivity (Wildman–Crippen MR) is 141 cm³/mol. The Labute approximate surface area is 215 Å². The summed E-state index contributed by atoms with van der Waals surface area (Å²) in [5.74, 6) is 0.781. The summed E-state index contributed by atoms with van der Waals surface area (Å²) in [7, 11) is 3.72. The molecule has 6 rings (SSSR count). The van der Waals surface area contributed by atoms with E-state index in [9.17, 15) is 0 Å². The molecule has 4 heterocycles. The monoisotopic (exact) mass is 494 g/mol. The van der Waals surface area contributed by atoms with Crippen LogP contribution in [0.2, 0.25) is 0 Å². The van der Waals surface area contributed by atoms with Gasteiger partial charge in [-0.05, 0) is 37.0 Å². The molecular weight excluding hydrogens is 464 g/mol. The van der Waals surface area contributed by atoms with E-state index in [-0.39, 0.29) is 0 Å². The van der Waals surface area contributed by atoms with Gasteiger partial charge in [-0.25, -0.2) is 9.97 Å². The van der Waals surface area contributed by atoms with Crippen molar-refractivity contribution in [2.24, 2.45) is 7.05 Å². The number of benzene rings is 1. The van der Waals surface area contributed by atoms with E-state index < -0.39 is 0 Å². The third-order valence-corrected chi connectivity index (χ3v) is 6.91. The predicted octanol–water partition coefficient (Wildman–Crippen LogP) is 3.96. The molecule has 0 N–H and O–H groups in total. The average molecular weight is 495 g/mol. The summed E-state index contributed by atoms with van der Waals surface area (Å²) in [5.41, 5.74) is 9.76. The van der Waals surface area contributed by atoms with Gasteiger partial charge in [0, 0.05) is 56.0 Å². The lowest BCUT2D eigenvalue weighted by atomic mass is 9.91. The Morgan fingerprint density at radius 3 is 2.57 bits per heavy atom. The molecule has 0 atom stereocenters. The van der Waals surface area contributed by atoms with Crippen LogP contribution >= 0.6 is 0 Å². The molecule has 0 saturated carbocycles. The molecule has 0 saturated heterocycles. The molecule has 1 aliphatic carbocycles. The van der Waals surface area contributed by atoms with Crippen molar-refractivity contribution in [2.75, 3.05) is 13.7 Å². The Morgan fingerprint density at radius 1 is 0.946 bits per heavy atom. The van der Waals surface area contributed by atoms with Gasteiger partial charge in [0.1, 0.15) is 5.82 Å². The van der Waals surface area contributed by atoms with Crippen LogP contribution in [0.4, 0.5) is 0 Å². The van der Waals surface area contributed by atoms with E-state index in [1.165, 1.54) is 5.56 Å². The van der Waals surface area contributed by atoms with Gasteiger partial charge >= 0.3 is 0 Å². The highest BCUT2D eigenvalue weighted by atomic mass is 16.5. The summed E-state index contributed by atoms with van der Waals surface area (Å²) in [6.07, 6.45) is 10.3. The second-order valence-corrected chi connectivity index (χ2v) is 9.36. The van der Waals surface area contributed by atoms with Crippen LogP contribution in [-0.2, 0) is 44.1 Å². The van der Waals surface area contributed by atoms with Crippen molar-refractivity contribution in [3.05, 3.63) is 77.9 Å². The van der Waals surface area contributed by atoms with E-state index in [1.54, 1.807) is 7.11 Å². The minimum atomic E-state index is 0.609. The molecule has 0 amide bonds. The second kappa shape index (κ2) is 9.74. The molecule has 0 bridgehead atoms. The molecule has 9 nitrogen and oxygen atoms in total. The first kappa shape index (κ1) is 23.3. The van der Waals surface area contributed by atoms with Crippen LogP contribution in [0.3, 0.4) is 0 Å². The van der Waals surface area contributed by atoms with Crippen molar-refractivity contribution >= 4 is 0 Å². The van der Waals surface area contributed by atoms with Gasteiger partial charge in [0.15, 0.2) is 0 Å². The molecule has 1 aromatic carbocycles. The van der Waals surface area contributed by atoms with E-state index in [1.807, 2.05) is 45.7 Å². The molecule has 0 unspecified atom stereocenters. The second-order valence-electron chi connectivity index (χ2n) is 9.36. The number of methoxy groups -OCH3 is 1. The number of hydrogen-bond acceptors (Lipinski definition) is 6. The molecule has 5 aromatic rings. The number of aromatic nitrogens is 8. The summed E-state index contributed by atoms with van der Waals surface area (Å²) >= 11 is 0. The Morgan fingerprint density at radius 2 is 1.78 bits per heavy atom. The van der Waals surface area contributed by atoms with Crippen molar-refractivity contribution in [2.45, 2.75) is 39.3 Å². The summed E-state index contributed by atoms with van der Waals surface area (Å²) < 4.78 is 11.0. The van der Waals surface area contributed by atoms with E-state index in [2.05, 4.69) is 52.6 Å². The lowest BCUT2D eigenvalue weighted by molar-refractivity contribution is 0.183. The summed E-state index contributed by atoms with van der Waals surface area (Å²) in [5, 5.41) is 13.9. The van der Waals surface area contributed by atoms with Gasteiger partial charge in [0.2, 0.25) is 0 Å². The van der Waals surface area contributed by atoms with Crippen LogP contribution in [0, 0.1) is 0 Å². The van der Waals surface area contributed by atoms with Gasteiger partial charge in [0.05, 0.1) is 48.5 Å². The van der Waals surface area contributed by atoms with Crippen molar-refractivity contribution < 1.29 is 4.74 Å². The van der Waals surface area contributed by atoms with Crippen molar-refractivity contribution in [1.29, 1.82) is 0 Å². The normalized spacial score (nSPS) is 12.5. The maximum Gasteiger partial charge on any atom is 0.134 e. The zero-order valence-corrected chi connectivity index (χ0v) is 21.4. The minimum absolute atomic E-state index is 0.609. The maximum atomic E-state index is 5.16. The van der Waals surface area contributed by atoms with Crippen LogP contribution in [0.1, 0.15) is 29.7 Å². The number of ether oxygens (including phenoxy) is 1. The highest BCUT2D eigenvalue weighted by Gasteiger charge is 2.27. The van der Waals surface area contributed by atoms with E-state index in [0.29, 0.717) is 13.0 Å². The molecule has 9 heteroatoms. The largest absolute Gasteiger partial charge is 0.383 e. The van der Waals surface area contributed by atoms with Gasteiger partial charge in [0.25, 0.3) is 0 Å². The maximum absolute atomic E-state index is 5.16. The van der Waals surface area contributed by atoms with Gasteiger partial charge < -0.3 is 4.74 Å². The smallest absolute Gasteiger partial charge is 0.134 e. The summed E-state index contributed by atoms with van der Waals surface area (Å²) in [6.45, 7) is 4.31. The van der Waals surface area contributed by atoms with E-state index in [0.717, 1.165) is 76.8 Å². The fourth-order valence-corrected chi connectivity index (χ4v) is 4.99. The Bertz CT molecular complexity index is 1540. The third-order valence-electron chi connectivity index (χ3n) is 6.91. The lowest BCUT2D eigenvalue weighted by Gasteiger charge is -2.16. The number of hydrogen-bond donors (Lipinski definition) is 0. The van der Waals surface area contributed by atoms with Gasteiger partial charge in [-0.15, -0.1) is 0 Å². The highest BCUT2D eigenvalue weighted by Crippen LogP contribution is 2.39. The molecule has 37 heavy (non-hydrogen) atoms.